The minimum Gasteiger partial charge on any atom is -0.353 e. The minimum atomic E-state index is 0.0635. The number of likely N-dealkylation sites (tertiary alicyclic amines) is 1. The van der Waals surface area contributed by atoms with Crippen LogP contribution in [0.3, 0.4) is 0 Å². The van der Waals surface area contributed by atoms with Gasteiger partial charge in [-0.1, -0.05) is 0 Å². The van der Waals surface area contributed by atoms with Crippen molar-refractivity contribution in [3.05, 3.63) is 0 Å². The van der Waals surface area contributed by atoms with Gasteiger partial charge in [-0.15, -0.1) is 0 Å². The minimum absolute atomic E-state index is 0.0635. The number of piperidine rings is 1. The van der Waals surface area contributed by atoms with Crippen LogP contribution in [-0.4, -0.2) is 50.6 Å². The number of nitrogens with two attached hydrogens (primary N) is 1. The largest absolute Gasteiger partial charge is 0.353 e. The molecule has 0 radical (unpaired) electrons. The second-order valence-corrected chi connectivity index (χ2v) is 5.53. The molecule has 106 valence electrons. The molecule has 0 saturated carbocycles. The van der Waals surface area contributed by atoms with E-state index in [1.807, 2.05) is 0 Å². The van der Waals surface area contributed by atoms with Crippen LogP contribution in [0.15, 0.2) is 0 Å². The highest BCUT2D eigenvalue weighted by atomic mass is 16.7. The van der Waals surface area contributed by atoms with Gasteiger partial charge in [0.1, 0.15) is 0 Å². The molecule has 2 aliphatic rings. The van der Waals surface area contributed by atoms with Crippen molar-refractivity contribution in [1.82, 2.24) is 4.90 Å². The molecule has 0 aromatic carbocycles. The summed E-state index contributed by atoms with van der Waals surface area (Å²) in [5, 5.41) is 0. The summed E-state index contributed by atoms with van der Waals surface area (Å²) in [4.78, 5) is 2.51. The number of rotatable bonds is 6. The molecule has 0 aromatic rings. The van der Waals surface area contributed by atoms with Crippen molar-refractivity contribution < 1.29 is 9.47 Å². The first-order chi connectivity index (χ1) is 8.88. The average Bonchev–Trinajstić information content (AvgIpc) is 2.42. The lowest BCUT2D eigenvalue weighted by molar-refractivity contribution is -0.164. The first kappa shape index (κ1) is 14.3. The van der Waals surface area contributed by atoms with Gasteiger partial charge in [-0.25, -0.2) is 0 Å². The summed E-state index contributed by atoms with van der Waals surface area (Å²) in [5.41, 5.74) is 5.61. The van der Waals surface area contributed by atoms with E-state index in [1.54, 1.807) is 0 Å². The van der Waals surface area contributed by atoms with Crippen molar-refractivity contribution in [2.75, 3.05) is 39.4 Å². The third-order valence-electron chi connectivity index (χ3n) is 4.13. The summed E-state index contributed by atoms with van der Waals surface area (Å²) in [6.07, 6.45) is 7.37. The maximum atomic E-state index is 5.78. The van der Waals surface area contributed by atoms with Crippen LogP contribution in [0.25, 0.3) is 0 Å². The fourth-order valence-corrected chi connectivity index (χ4v) is 2.89. The van der Waals surface area contributed by atoms with Gasteiger partial charge in [0.15, 0.2) is 6.29 Å². The lowest BCUT2D eigenvalue weighted by Gasteiger charge is -2.32. The van der Waals surface area contributed by atoms with Gasteiger partial charge in [-0.2, -0.15) is 0 Å². The Morgan fingerprint density at radius 1 is 1.17 bits per heavy atom. The van der Waals surface area contributed by atoms with Gasteiger partial charge in [0.25, 0.3) is 0 Å². The standard InChI is InChI=1S/C14H28N2O2/c15-7-4-13-5-8-16(9-6-13)10-12-18-14-3-1-2-11-17-14/h13-14H,1-12,15H2. The fourth-order valence-electron chi connectivity index (χ4n) is 2.89. The Balaban J connectivity index is 1.52. The quantitative estimate of drug-likeness (QED) is 0.784. The molecule has 2 aliphatic heterocycles. The third kappa shape index (κ3) is 4.84. The lowest BCUT2D eigenvalue weighted by atomic mass is 9.94. The van der Waals surface area contributed by atoms with Gasteiger partial charge >= 0.3 is 0 Å². The second-order valence-electron chi connectivity index (χ2n) is 5.53. The van der Waals surface area contributed by atoms with E-state index in [0.29, 0.717) is 0 Å². The van der Waals surface area contributed by atoms with E-state index >= 15 is 0 Å². The molecule has 2 heterocycles. The van der Waals surface area contributed by atoms with Gasteiger partial charge in [0.05, 0.1) is 6.61 Å². The summed E-state index contributed by atoms with van der Waals surface area (Å²) < 4.78 is 11.3. The predicted octanol–water partition coefficient (Wildman–Crippen LogP) is 1.59. The van der Waals surface area contributed by atoms with Crippen LogP contribution in [0, 0.1) is 5.92 Å². The Kier molecular flexibility index (Phi) is 6.41. The molecule has 1 unspecified atom stereocenters. The highest BCUT2D eigenvalue weighted by molar-refractivity contribution is 4.72. The molecule has 0 spiro atoms. The number of nitrogens with zero attached hydrogens (tertiary/aromatic N) is 1. The van der Waals surface area contributed by atoms with Crippen molar-refractivity contribution in [2.45, 2.75) is 44.8 Å². The Bertz CT molecular complexity index is 212. The highest BCUT2D eigenvalue weighted by Gasteiger charge is 2.19. The Morgan fingerprint density at radius 2 is 2.00 bits per heavy atom. The monoisotopic (exact) mass is 256 g/mol. The summed E-state index contributed by atoms with van der Waals surface area (Å²) in [5.74, 6) is 0.855. The highest BCUT2D eigenvalue weighted by Crippen LogP contribution is 2.19. The van der Waals surface area contributed by atoms with Crippen molar-refractivity contribution >= 4 is 0 Å². The molecule has 4 heteroatoms. The van der Waals surface area contributed by atoms with E-state index in [1.165, 1.54) is 45.2 Å². The van der Waals surface area contributed by atoms with Crippen LogP contribution in [0.5, 0.6) is 0 Å². The van der Waals surface area contributed by atoms with E-state index in [9.17, 15) is 0 Å². The zero-order valence-electron chi connectivity index (χ0n) is 11.5. The number of ether oxygens (including phenoxy) is 2. The normalized spacial score (nSPS) is 27.5. The maximum Gasteiger partial charge on any atom is 0.157 e. The topological polar surface area (TPSA) is 47.7 Å². The first-order valence-electron chi connectivity index (χ1n) is 7.54. The fraction of sp³-hybridized carbons (Fsp3) is 1.00. The van der Waals surface area contributed by atoms with E-state index < -0.39 is 0 Å². The molecule has 4 nitrogen and oxygen atoms in total. The van der Waals surface area contributed by atoms with E-state index in [4.69, 9.17) is 15.2 Å². The van der Waals surface area contributed by atoms with Crippen molar-refractivity contribution in [3.8, 4) is 0 Å². The van der Waals surface area contributed by atoms with Gasteiger partial charge in [-0.3, -0.25) is 0 Å². The third-order valence-corrected chi connectivity index (χ3v) is 4.13. The molecular weight excluding hydrogens is 228 g/mol. The molecule has 0 bridgehead atoms. The molecule has 0 aliphatic carbocycles. The van der Waals surface area contributed by atoms with Crippen LogP contribution in [0.4, 0.5) is 0 Å². The second kappa shape index (κ2) is 8.10. The molecule has 2 rings (SSSR count). The zero-order valence-corrected chi connectivity index (χ0v) is 11.5. The maximum absolute atomic E-state index is 5.78. The number of hydrogen-bond donors (Lipinski definition) is 1. The van der Waals surface area contributed by atoms with E-state index in [0.717, 1.165) is 38.6 Å². The SMILES string of the molecule is NCCC1CCN(CCOC2CCCCO2)CC1. The van der Waals surface area contributed by atoms with Crippen molar-refractivity contribution in [2.24, 2.45) is 11.7 Å². The Hall–Kier alpha value is -0.160. The van der Waals surface area contributed by atoms with Gasteiger partial charge in [0, 0.05) is 13.2 Å². The average molecular weight is 256 g/mol. The van der Waals surface area contributed by atoms with E-state index in [2.05, 4.69) is 4.90 Å². The van der Waals surface area contributed by atoms with Crippen LogP contribution in [0.1, 0.15) is 38.5 Å². The Labute approximate surface area is 111 Å². The summed E-state index contributed by atoms with van der Waals surface area (Å²) in [7, 11) is 0. The summed E-state index contributed by atoms with van der Waals surface area (Å²) >= 11 is 0. The van der Waals surface area contributed by atoms with Gasteiger partial charge in [-0.05, 0) is 64.1 Å². The molecule has 2 saturated heterocycles. The molecule has 18 heavy (non-hydrogen) atoms. The van der Waals surface area contributed by atoms with Crippen molar-refractivity contribution in [3.63, 3.8) is 0 Å². The van der Waals surface area contributed by atoms with Crippen molar-refractivity contribution in [1.29, 1.82) is 0 Å². The van der Waals surface area contributed by atoms with Crippen LogP contribution < -0.4 is 5.73 Å². The van der Waals surface area contributed by atoms with Gasteiger partial charge in [0.2, 0.25) is 0 Å². The summed E-state index contributed by atoms with van der Waals surface area (Å²) in [6, 6.07) is 0. The molecule has 1 atom stereocenters. The molecular formula is C14H28N2O2. The van der Waals surface area contributed by atoms with E-state index in [-0.39, 0.29) is 6.29 Å². The summed E-state index contributed by atoms with van der Waals surface area (Å²) in [6.45, 7) is 5.99. The first-order valence-corrected chi connectivity index (χ1v) is 7.54. The molecule has 0 amide bonds. The predicted molar refractivity (Wildman–Crippen MR) is 72.4 cm³/mol. The lowest BCUT2D eigenvalue weighted by Crippen LogP contribution is -2.37. The zero-order chi connectivity index (χ0) is 12.6. The van der Waals surface area contributed by atoms with Crippen LogP contribution in [-0.2, 0) is 9.47 Å². The molecule has 2 fully saturated rings. The smallest absolute Gasteiger partial charge is 0.157 e. The van der Waals surface area contributed by atoms with Crippen LogP contribution in [0.2, 0.25) is 0 Å². The Morgan fingerprint density at radius 3 is 2.67 bits per heavy atom. The van der Waals surface area contributed by atoms with Gasteiger partial charge < -0.3 is 20.1 Å². The molecule has 2 N–H and O–H groups in total. The number of hydrogen-bond acceptors (Lipinski definition) is 4. The van der Waals surface area contributed by atoms with Crippen LogP contribution >= 0.6 is 0 Å². The molecule has 0 aromatic heterocycles.